The number of rotatable bonds is 6. The molecule has 108 valence electrons. The molecular weight excluding hydrogens is 220 g/mol. The Kier molecular flexibility index (Phi) is 6.65. The van der Waals surface area contributed by atoms with Gasteiger partial charge in [0.1, 0.15) is 0 Å². The molecule has 0 aromatic rings. The molecule has 1 aliphatic rings. The lowest BCUT2D eigenvalue weighted by Crippen LogP contribution is -2.57. The number of hydrogen-bond acceptors (Lipinski definition) is 2. The predicted octanol–water partition coefficient (Wildman–Crippen LogP) is 3.38. The fraction of sp³-hybridized carbons (Fsp3) is 1.00. The van der Waals surface area contributed by atoms with E-state index >= 15 is 0 Å². The van der Waals surface area contributed by atoms with Crippen LogP contribution in [-0.4, -0.2) is 36.6 Å². The van der Waals surface area contributed by atoms with Crippen molar-refractivity contribution in [3.8, 4) is 0 Å². The molecule has 18 heavy (non-hydrogen) atoms. The summed E-state index contributed by atoms with van der Waals surface area (Å²) in [5.41, 5.74) is 0. The van der Waals surface area contributed by atoms with Gasteiger partial charge < -0.3 is 5.32 Å². The van der Waals surface area contributed by atoms with Gasteiger partial charge in [-0.15, -0.1) is 0 Å². The van der Waals surface area contributed by atoms with Crippen molar-refractivity contribution in [2.75, 3.05) is 19.6 Å². The van der Waals surface area contributed by atoms with Crippen LogP contribution in [0, 0.1) is 17.8 Å². The second-order valence-electron chi connectivity index (χ2n) is 7.37. The molecule has 1 fully saturated rings. The van der Waals surface area contributed by atoms with Crippen LogP contribution in [0.4, 0.5) is 0 Å². The third kappa shape index (κ3) is 5.71. The molecule has 1 rings (SSSR count). The minimum absolute atomic E-state index is 0.701. The first-order valence-electron chi connectivity index (χ1n) is 7.85. The lowest BCUT2D eigenvalue weighted by Gasteiger charge is -2.42. The molecule has 0 saturated carbocycles. The molecule has 0 aliphatic carbocycles. The van der Waals surface area contributed by atoms with Gasteiger partial charge in [0, 0.05) is 31.7 Å². The highest BCUT2D eigenvalue weighted by Crippen LogP contribution is 2.19. The zero-order valence-corrected chi connectivity index (χ0v) is 13.4. The lowest BCUT2D eigenvalue weighted by molar-refractivity contribution is 0.0948. The van der Waals surface area contributed by atoms with Crippen LogP contribution in [0.15, 0.2) is 0 Å². The Morgan fingerprint density at radius 3 is 2.06 bits per heavy atom. The van der Waals surface area contributed by atoms with Crippen LogP contribution in [-0.2, 0) is 0 Å². The van der Waals surface area contributed by atoms with Crippen molar-refractivity contribution in [3.05, 3.63) is 0 Å². The summed E-state index contributed by atoms with van der Waals surface area (Å²) in [6.45, 7) is 17.7. The van der Waals surface area contributed by atoms with E-state index in [1.54, 1.807) is 0 Å². The summed E-state index contributed by atoms with van der Waals surface area (Å²) in [6, 6.07) is 1.45. The van der Waals surface area contributed by atoms with Crippen molar-refractivity contribution in [2.24, 2.45) is 17.8 Å². The van der Waals surface area contributed by atoms with Crippen LogP contribution in [0.5, 0.6) is 0 Å². The monoisotopic (exact) mass is 254 g/mol. The maximum atomic E-state index is 3.77. The van der Waals surface area contributed by atoms with Crippen molar-refractivity contribution >= 4 is 0 Å². The minimum atomic E-state index is 0.701. The maximum absolute atomic E-state index is 3.77. The van der Waals surface area contributed by atoms with Gasteiger partial charge in [-0.3, -0.25) is 4.90 Å². The SMILES string of the molecule is CC(C)CC1CN(CC(C)C)C(CC(C)C)CN1. The van der Waals surface area contributed by atoms with Gasteiger partial charge in [0.25, 0.3) is 0 Å². The number of nitrogens with zero attached hydrogens (tertiary/aromatic N) is 1. The smallest absolute Gasteiger partial charge is 0.0223 e. The minimum Gasteiger partial charge on any atom is -0.311 e. The number of nitrogens with one attached hydrogen (secondary N) is 1. The first-order valence-corrected chi connectivity index (χ1v) is 7.85. The molecule has 1 N–H and O–H groups in total. The van der Waals surface area contributed by atoms with Crippen LogP contribution < -0.4 is 5.32 Å². The lowest BCUT2D eigenvalue weighted by atomic mass is 9.95. The van der Waals surface area contributed by atoms with E-state index in [9.17, 15) is 0 Å². The van der Waals surface area contributed by atoms with Gasteiger partial charge >= 0.3 is 0 Å². The Morgan fingerprint density at radius 1 is 0.944 bits per heavy atom. The Balaban J connectivity index is 2.54. The first-order chi connectivity index (χ1) is 8.38. The van der Waals surface area contributed by atoms with Gasteiger partial charge in [-0.2, -0.15) is 0 Å². The van der Waals surface area contributed by atoms with E-state index in [-0.39, 0.29) is 0 Å². The highest BCUT2D eigenvalue weighted by molar-refractivity contribution is 4.87. The molecular formula is C16H34N2. The van der Waals surface area contributed by atoms with E-state index in [0.717, 1.165) is 23.8 Å². The molecule has 1 heterocycles. The van der Waals surface area contributed by atoms with E-state index in [2.05, 4.69) is 51.8 Å². The van der Waals surface area contributed by atoms with Crippen LogP contribution in [0.3, 0.4) is 0 Å². The molecule has 2 atom stereocenters. The zero-order valence-electron chi connectivity index (χ0n) is 13.4. The fourth-order valence-corrected chi connectivity index (χ4v) is 3.12. The molecule has 1 aliphatic heterocycles. The van der Waals surface area contributed by atoms with Gasteiger partial charge in [-0.1, -0.05) is 41.5 Å². The van der Waals surface area contributed by atoms with E-state index < -0.39 is 0 Å². The standard InChI is InChI=1S/C16H34N2/c1-12(2)7-15-11-18(10-14(5)6)16(9-17-15)8-13(3)4/h12-17H,7-11H2,1-6H3. The molecule has 2 heteroatoms. The Hall–Kier alpha value is -0.0800. The largest absolute Gasteiger partial charge is 0.311 e. The van der Waals surface area contributed by atoms with Gasteiger partial charge in [0.05, 0.1) is 0 Å². The maximum Gasteiger partial charge on any atom is 0.0223 e. The quantitative estimate of drug-likeness (QED) is 0.782. The topological polar surface area (TPSA) is 15.3 Å². The number of hydrogen-bond donors (Lipinski definition) is 1. The second-order valence-corrected chi connectivity index (χ2v) is 7.37. The summed E-state index contributed by atoms with van der Waals surface area (Å²) in [7, 11) is 0. The molecule has 0 aromatic carbocycles. The summed E-state index contributed by atoms with van der Waals surface area (Å²) < 4.78 is 0. The van der Waals surface area contributed by atoms with Gasteiger partial charge in [0.15, 0.2) is 0 Å². The van der Waals surface area contributed by atoms with Crippen LogP contribution in [0.2, 0.25) is 0 Å². The van der Waals surface area contributed by atoms with Crippen molar-refractivity contribution < 1.29 is 0 Å². The normalized spacial score (nSPS) is 26.5. The van der Waals surface area contributed by atoms with E-state index in [4.69, 9.17) is 0 Å². The molecule has 2 nitrogen and oxygen atoms in total. The van der Waals surface area contributed by atoms with Gasteiger partial charge in [-0.05, 0) is 30.6 Å². The highest BCUT2D eigenvalue weighted by atomic mass is 15.2. The Bertz CT molecular complexity index is 223. The van der Waals surface area contributed by atoms with Gasteiger partial charge in [0.2, 0.25) is 0 Å². The van der Waals surface area contributed by atoms with Crippen molar-refractivity contribution in [3.63, 3.8) is 0 Å². The Morgan fingerprint density at radius 2 is 1.56 bits per heavy atom. The van der Waals surface area contributed by atoms with Gasteiger partial charge in [-0.25, -0.2) is 0 Å². The summed E-state index contributed by atoms with van der Waals surface area (Å²) in [6.07, 6.45) is 2.64. The zero-order chi connectivity index (χ0) is 13.7. The summed E-state index contributed by atoms with van der Waals surface area (Å²) in [4.78, 5) is 2.74. The molecule has 1 saturated heterocycles. The average molecular weight is 254 g/mol. The third-order valence-electron chi connectivity index (χ3n) is 3.71. The van der Waals surface area contributed by atoms with Crippen molar-refractivity contribution in [1.29, 1.82) is 0 Å². The van der Waals surface area contributed by atoms with E-state index in [0.29, 0.717) is 6.04 Å². The molecule has 0 bridgehead atoms. The fourth-order valence-electron chi connectivity index (χ4n) is 3.12. The predicted molar refractivity (Wildman–Crippen MR) is 80.9 cm³/mol. The molecule has 0 spiro atoms. The second kappa shape index (κ2) is 7.49. The molecule has 0 amide bonds. The highest BCUT2D eigenvalue weighted by Gasteiger charge is 2.28. The molecule has 0 aromatic heterocycles. The van der Waals surface area contributed by atoms with Crippen LogP contribution >= 0.6 is 0 Å². The first kappa shape index (κ1) is 16.0. The van der Waals surface area contributed by atoms with Crippen molar-refractivity contribution in [1.82, 2.24) is 10.2 Å². The molecule has 0 radical (unpaired) electrons. The molecule has 2 unspecified atom stereocenters. The summed E-state index contributed by atoms with van der Waals surface area (Å²) >= 11 is 0. The van der Waals surface area contributed by atoms with E-state index in [1.165, 1.54) is 32.5 Å². The number of piperazine rings is 1. The Labute approximate surface area is 115 Å². The summed E-state index contributed by atoms with van der Waals surface area (Å²) in [5.74, 6) is 2.37. The van der Waals surface area contributed by atoms with Crippen LogP contribution in [0.1, 0.15) is 54.4 Å². The van der Waals surface area contributed by atoms with Crippen LogP contribution in [0.25, 0.3) is 0 Å². The average Bonchev–Trinajstić information content (AvgIpc) is 2.19. The van der Waals surface area contributed by atoms with Crippen molar-refractivity contribution in [2.45, 2.75) is 66.5 Å². The third-order valence-corrected chi connectivity index (χ3v) is 3.71. The van der Waals surface area contributed by atoms with E-state index in [1.807, 2.05) is 0 Å². The summed E-state index contributed by atoms with van der Waals surface area (Å²) in [5, 5.41) is 3.77.